The van der Waals surface area contributed by atoms with Gasteiger partial charge in [-0.15, -0.1) is 0 Å². The molecule has 5 heteroatoms. The van der Waals surface area contributed by atoms with Crippen molar-refractivity contribution >= 4 is 79.0 Å². The first kappa shape index (κ1) is 41.0. The zero-order valence-electron chi connectivity index (χ0n) is 39.0. The SMILES string of the molecule is CCCc1ccc(N(c2ccc(CCC)cc2)c2ccc3c4c2cc(C)n4-c2cccc4c2B3c2ccc(N(c3ccc(CCC)cc3)c3ccc(CCC)cc3)c3cc(C)n-4c23)cc1. The number of aryl methyl sites for hydroxylation is 6. The molecule has 0 spiro atoms. The molecular weight excluding hydrogens is 787 g/mol. The van der Waals surface area contributed by atoms with Crippen LogP contribution < -0.4 is 26.2 Å². The predicted octanol–water partition coefficient (Wildman–Crippen LogP) is 14.1. The van der Waals surface area contributed by atoms with Crippen molar-refractivity contribution in [2.75, 3.05) is 9.80 Å². The molecule has 65 heavy (non-hydrogen) atoms. The maximum Gasteiger partial charge on any atom is 0.252 e. The van der Waals surface area contributed by atoms with Crippen molar-refractivity contribution in [3.8, 4) is 11.4 Å². The Hall–Kier alpha value is -6.72. The molecule has 0 fully saturated rings. The van der Waals surface area contributed by atoms with E-state index in [0.717, 1.165) is 51.4 Å². The number of nitrogens with zero attached hydrogens (tertiary/aromatic N) is 4. The van der Waals surface area contributed by atoms with E-state index in [-0.39, 0.29) is 6.71 Å². The van der Waals surface area contributed by atoms with Gasteiger partial charge in [0.05, 0.1) is 22.4 Å². The minimum absolute atomic E-state index is 0.0723. The number of hydrogen-bond acceptors (Lipinski definition) is 2. The number of rotatable bonds is 14. The molecule has 4 nitrogen and oxygen atoms in total. The maximum atomic E-state index is 2.55. The highest BCUT2D eigenvalue weighted by molar-refractivity contribution is 7.00. The normalized spacial score (nSPS) is 12.3. The van der Waals surface area contributed by atoms with Gasteiger partial charge in [-0.2, -0.15) is 0 Å². The van der Waals surface area contributed by atoms with E-state index in [1.807, 2.05) is 0 Å². The number of aromatic nitrogens is 2. The average molecular weight is 847 g/mol. The minimum Gasteiger partial charge on any atom is -0.315 e. The summed E-state index contributed by atoms with van der Waals surface area (Å²) in [5, 5.41) is 2.56. The van der Waals surface area contributed by atoms with Crippen LogP contribution in [0.4, 0.5) is 34.1 Å². The Morgan fingerprint density at radius 1 is 0.400 bits per heavy atom. The summed E-state index contributed by atoms with van der Waals surface area (Å²) in [6.45, 7) is 13.7. The Bertz CT molecular complexity index is 2890. The van der Waals surface area contributed by atoms with E-state index in [1.54, 1.807) is 0 Å². The lowest BCUT2D eigenvalue weighted by Crippen LogP contribution is -2.59. The summed E-state index contributed by atoms with van der Waals surface area (Å²) in [6.07, 6.45) is 8.90. The van der Waals surface area contributed by atoms with E-state index in [9.17, 15) is 0 Å². The van der Waals surface area contributed by atoms with Crippen molar-refractivity contribution in [1.29, 1.82) is 0 Å². The Balaban J connectivity index is 1.11. The fourth-order valence-corrected chi connectivity index (χ4v) is 11.3. The van der Waals surface area contributed by atoms with Crippen LogP contribution >= 0.6 is 0 Å². The molecule has 4 heterocycles. The minimum atomic E-state index is 0.0723. The van der Waals surface area contributed by atoms with Crippen molar-refractivity contribution in [3.63, 3.8) is 0 Å². The second-order valence-electron chi connectivity index (χ2n) is 18.6. The molecule has 0 saturated heterocycles. The van der Waals surface area contributed by atoms with Crippen molar-refractivity contribution in [2.45, 2.75) is 92.9 Å². The third-order valence-corrected chi connectivity index (χ3v) is 14.2. The molecule has 0 aliphatic carbocycles. The van der Waals surface area contributed by atoms with Gasteiger partial charge < -0.3 is 18.9 Å². The van der Waals surface area contributed by atoms with Gasteiger partial charge in [0.15, 0.2) is 0 Å². The zero-order chi connectivity index (χ0) is 44.3. The second-order valence-corrected chi connectivity index (χ2v) is 18.6. The zero-order valence-corrected chi connectivity index (χ0v) is 39.0. The molecule has 0 bridgehead atoms. The maximum absolute atomic E-state index is 2.55. The average Bonchev–Trinajstić information content (AvgIpc) is 3.87. The summed E-state index contributed by atoms with van der Waals surface area (Å²) in [4.78, 5) is 4.97. The topological polar surface area (TPSA) is 16.3 Å². The van der Waals surface area contributed by atoms with Crippen LogP contribution in [0.2, 0.25) is 0 Å². The fourth-order valence-electron chi connectivity index (χ4n) is 11.3. The van der Waals surface area contributed by atoms with E-state index in [2.05, 4.69) is 212 Å². The molecule has 0 atom stereocenters. The summed E-state index contributed by atoms with van der Waals surface area (Å²) in [5.41, 5.74) is 24.4. The largest absolute Gasteiger partial charge is 0.315 e. The van der Waals surface area contributed by atoms with E-state index in [1.165, 1.54) is 117 Å². The van der Waals surface area contributed by atoms with Gasteiger partial charge in [0.1, 0.15) is 0 Å². The fraction of sp³-hybridized carbons (Fsp3) is 0.233. The number of benzene rings is 7. The van der Waals surface area contributed by atoms with E-state index in [4.69, 9.17) is 0 Å². The first-order valence-corrected chi connectivity index (χ1v) is 24.3. The van der Waals surface area contributed by atoms with Gasteiger partial charge in [-0.3, -0.25) is 0 Å². The number of anilines is 6. The molecule has 0 radical (unpaired) electrons. The van der Waals surface area contributed by atoms with E-state index >= 15 is 0 Å². The molecule has 322 valence electrons. The number of fused-ring (bicyclic) bond motifs is 4. The molecule has 2 aliphatic heterocycles. The Labute approximate surface area is 385 Å². The summed E-state index contributed by atoms with van der Waals surface area (Å²) >= 11 is 0. The number of hydrogen-bond donors (Lipinski definition) is 0. The standard InChI is InChI=1S/C60H59BN4/c1-7-12-42-18-26-46(27-19-42)64(47-28-20-43(13-8-2)21-29-47)54-36-34-52-59-50(54)38-40(5)62(59)56-16-11-17-57-58(56)61(52)53-35-37-55(51-39-41(6)63(57)60(51)53)65(48-30-22-44(14-9-3)23-31-48)49-32-24-45(15-10-4)25-33-49/h11,16-39H,7-10,12-15H2,1-6H3. The Kier molecular flexibility index (Phi) is 10.5. The van der Waals surface area contributed by atoms with E-state index < -0.39 is 0 Å². The van der Waals surface area contributed by atoms with Gasteiger partial charge in [0.25, 0.3) is 6.71 Å². The van der Waals surface area contributed by atoms with Crippen molar-refractivity contribution in [1.82, 2.24) is 9.13 Å². The van der Waals surface area contributed by atoms with E-state index in [0.29, 0.717) is 0 Å². The van der Waals surface area contributed by atoms with Crippen LogP contribution in [0.3, 0.4) is 0 Å². The molecule has 0 saturated carbocycles. The molecule has 0 amide bonds. The summed E-state index contributed by atoms with van der Waals surface area (Å²) in [7, 11) is 0. The second kappa shape index (κ2) is 16.7. The van der Waals surface area contributed by atoms with Crippen molar-refractivity contribution in [3.05, 3.63) is 185 Å². The third-order valence-electron chi connectivity index (χ3n) is 14.2. The van der Waals surface area contributed by atoms with Gasteiger partial charge in [-0.1, -0.05) is 120 Å². The van der Waals surface area contributed by atoms with Crippen LogP contribution in [0.1, 0.15) is 87.0 Å². The highest BCUT2D eigenvalue weighted by atomic mass is 15.2. The predicted molar refractivity (Wildman–Crippen MR) is 280 cm³/mol. The first-order chi connectivity index (χ1) is 31.9. The van der Waals surface area contributed by atoms with Crippen LogP contribution in [0.5, 0.6) is 0 Å². The van der Waals surface area contributed by atoms with Gasteiger partial charge in [-0.05, 0) is 163 Å². The lowest BCUT2D eigenvalue weighted by molar-refractivity contribution is 0.921. The van der Waals surface area contributed by atoms with Crippen LogP contribution in [0.15, 0.2) is 152 Å². The summed E-state index contributed by atoms with van der Waals surface area (Å²) in [5.74, 6) is 0. The Morgan fingerprint density at radius 3 is 1.03 bits per heavy atom. The van der Waals surface area contributed by atoms with Crippen LogP contribution in [-0.4, -0.2) is 15.8 Å². The molecule has 11 rings (SSSR count). The lowest BCUT2D eigenvalue weighted by Gasteiger charge is -2.35. The summed E-state index contributed by atoms with van der Waals surface area (Å²) < 4.78 is 5.11. The van der Waals surface area contributed by atoms with Gasteiger partial charge in [0.2, 0.25) is 0 Å². The first-order valence-electron chi connectivity index (χ1n) is 24.3. The molecule has 0 N–H and O–H groups in total. The smallest absolute Gasteiger partial charge is 0.252 e. The van der Waals surface area contributed by atoms with Crippen LogP contribution in [0.25, 0.3) is 33.2 Å². The molecule has 0 unspecified atom stereocenters. The van der Waals surface area contributed by atoms with Gasteiger partial charge >= 0.3 is 0 Å². The molecule has 9 aromatic rings. The highest BCUT2D eigenvalue weighted by Crippen LogP contribution is 2.45. The van der Waals surface area contributed by atoms with Gasteiger partial charge in [-0.25, -0.2) is 0 Å². The monoisotopic (exact) mass is 846 g/mol. The third kappa shape index (κ3) is 6.73. The lowest BCUT2D eigenvalue weighted by atomic mass is 9.34. The van der Waals surface area contributed by atoms with Crippen molar-refractivity contribution in [2.24, 2.45) is 0 Å². The molecule has 7 aromatic carbocycles. The quantitative estimate of drug-likeness (QED) is 0.101. The summed E-state index contributed by atoms with van der Waals surface area (Å²) in [6, 6.07) is 58.7. The van der Waals surface area contributed by atoms with Crippen LogP contribution in [-0.2, 0) is 25.7 Å². The Morgan fingerprint density at radius 2 is 0.723 bits per heavy atom. The highest BCUT2D eigenvalue weighted by Gasteiger charge is 2.41. The molecule has 2 aromatic heterocycles. The van der Waals surface area contributed by atoms with Crippen LogP contribution in [0, 0.1) is 13.8 Å². The molecular formula is C60H59BN4. The molecule has 2 aliphatic rings. The van der Waals surface area contributed by atoms with Crippen molar-refractivity contribution < 1.29 is 0 Å². The van der Waals surface area contributed by atoms with Gasteiger partial charge in [0, 0.05) is 56.3 Å².